The Balaban J connectivity index is 2.33. The monoisotopic (exact) mass is 400 g/mol. The smallest absolute Gasteiger partial charge is 0.434 e. The summed E-state index contributed by atoms with van der Waals surface area (Å²) in [6.45, 7) is -0.467. The van der Waals surface area contributed by atoms with Crippen LogP contribution in [0, 0.1) is 0 Å². The summed E-state index contributed by atoms with van der Waals surface area (Å²) in [5.74, 6) is -1.44. The zero-order valence-electron chi connectivity index (χ0n) is 14.2. The molecule has 0 aliphatic carbocycles. The van der Waals surface area contributed by atoms with E-state index < -0.39 is 42.1 Å². The summed E-state index contributed by atoms with van der Waals surface area (Å²) in [7, 11) is 1.25. The van der Waals surface area contributed by atoms with Crippen LogP contribution in [0.3, 0.4) is 0 Å². The molecule has 0 saturated carbocycles. The second-order valence-corrected chi connectivity index (χ2v) is 5.95. The first-order chi connectivity index (χ1) is 12.5. The van der Waals surface area contributed by atoms with Crippen LogP contribution in [0.25, 0.3) is 0 Å². The van der Waals surface area contributed by atoms with Crippen molar-refractivity contribution in [3.8, 4) is 5.75 Å². The Morgan fingerprint density at radius 1 is 1.22 bits per heavy atom. The van der Waals surface area contributed by atoms with E-state index in [2.05, 4.69) is 0 Å². The zero-order chi connectivity index (χ0) is 20.3. The van der Waals surface area contributed by atoms with Gasteiger partial charge in [0.25, 0.3) is 11.6 Å². The Kier molecular flexibility index (Phi) is 6.25. The number of alkyl halides is 6. The molecule has 1 fully saturated rings. The van der Waals surface area contributed by atoms with Gasteiger partial charge < -0.3 is 14.8 Å². The van der Waals surface area contributed by atoms with E-state index in [0.717, 1.165) is 17.4 Å². The van der Waals surface area contributed by atoms with E-state index in [0.29, 0.717) is 12.8 Å². The Bertz CT molecular complexity index is 642. The molecule has 1 atom stereocenters. The molecule has 1 aliphatic heterocycles. The van der Waals surface area contributed by atoms with Gasteiger partial charge in [0.1, 0.15) is 5.75 Å². The van der Waals surface area contributed by atoms with Gasteiger partial charge in [-0.1, -0.05) is 6.07 Å². The maximum atomic E-state index is 13.5. The predicted molar refractivity (Wildman–Crippen MR) is 82.3 cm³/mol. The Labute approximate surface area is 151 Å². The molecule has 1 aromatic rings. The van der Waals surface area contributed by atoms with Gasteiger partial charge in [-0.2, -0.15) is 26.3 Å². The van der Waals surface area contributed by atoms with Gasteiger partial charge in [0, 0.05) is 18.7 Å². The molecule has 0 bridgehead atoms. The van der Waals surface area contributed by atoms with Crippen molar-refractivity contribution < 1.29 is 40.6 Å². The standard InChI is InChI=1S/C16H18F6N2O3/c1-26-11-5-2-4-10(8-11)13(25)24-14(15(17,18)19,16(20,21)22)23-9-12-6-3-7-27-12/h2,4-5,8,12,23H,3,6-7,9H2,1H3,(H,24,25)/t12-/m0/s1. The van der Waals surface area contributed by atoms with E-state index in [-0.39, 0.29) is 12.4 Å². The van der Waals surface area contributed by atoms with Crippen molar-refractivity contribution in [3.63, 3.8) is 0 Å². The summed E-state index contributed by atoms with van der Waals surface area (Å²) >= 11 is 0. The second kappa shape index (κ2) is 7.93. The highest BCUT2D eigenvalue weighted by Gasteiger charge is 2.72. The number of ether oxygens (including phenoxy) is 2. The summed E-state index contributed by atoms with van der Waals surface area (Å²) < 4.78 is 90.9. The minimum Gasteiger partial charge on any atom is -0.497 e. The van der Waals surface area contributed by atoms with Crippen molar-refractivity contribution in [1.82, 2.24) is 10.6 Å². The van der Waals surface area contributed by atoms with Gasteiger partial charge in [-0.25, -0.2) is 0 Å². The van der Waals surface area contributed by atoms with Gasteiger partial charge in [0.15, 0.2) is 0 Å². The first-order valence-corrected chi connectivity index (χ1v) is 7.97. The number of carbonyl (C=O) groups excluding carboxylic acids is 1. The largest absolute Gasteiger partial charge is 0.497 e. The molecule has 152 valence electrons. The van der Waals surface area contributed by atoms with Crippen LogP contribution >= 0.6 is 0 Å². The normalized spacial score (nSPS) is 18.4. The van der Waals surface area contributed by atoms with E-state index in [1.165, 1.54) is 24.6 Å². The number of halogens is 6. The minimum absolute atomic E-state index is 0.111. The molecule has 0 spiro atoms. The van der Waals surface area contributed by atoms with Gasteiger partial charge in [0.2, 0.25) is 0 Å². The Morgan fingerprint density at radius 2 is 1.89 bits per heavy atom. The quantitative estimate of drug-likeness (QED) is 0.570. The number of methoxy groups -OCH3 is 1. The molecule has 1 amide bonds. The minimum atomic E-state index is -5.85. The molecular weight excluding hydrogens is 382 g/mol. The number of benzene rings is 1. The van der Waals surface area contributed by atoms with Gasteiger partial charge in [-0.3, -0.25) is 10.1 Å². The molecule has 0 unspecified atom stereocenters. The highest BCUT2D eigenvalue weighted by Crippen LogP contribution is 2.41. The Hall–Kier alpha value is -2.01. The number of hydrogen-bond acceptors (Lipinski definition) is 4. The average Bonchev–Trinajstić information content (AvgIpc) is 3.09. The molecule has 1 aromatic carbocycles. The molecule has 1 aliphatic rings. The van der Waals surface area contributed by atoms with E-state index >= 15 is 0 Å². The molecule has 2 rings (SSSR count). The number of rotatable bonds is 6. The van der Waals surface area contributed by atoms with Crippen LogP contribution in [0.1, 0.15) is 23.2 Å². The third kappa shape index (κ3) is 4.64. The van der Waals surface area contributed by atoms with E-state index in [4.69, 9.17) is 9.47 Å². The number of nitrogens with one attached hydrogen (secondary N) is 2. The van der Waals surface area contributed by atoms with E-state index in [9.17, 15) is 31.1 Å². The van der Waals surface area contributed by atoms with Crippen molar-refractivity contribution >= 4 is 5.91 Å². The third-order valence-electron chi connectivity index (χ3n) is 4.10. The molecule has 0 aromatic heterocycles. The van der Waals surface area contributed by atoms with E-state index in [1.54, 1.807) is 0 Å². The van der Waals surface area contributed by atoms with Gasteiger partial charge in [0.05, 0.1) is 13.2 Å². The number of amides is 1. The predicted octanol–water partition coefficient (Wildman–Crippen LogP) is 3.01. The van der Waals surface area contributed by atoms with Crippen LogP contribution < -0.4 is 15.4 Å². The Morgan fingerprint density at radius 3 is 2.41 bits per heavy atom. The molecule has 1 heterocycles. The maximum Gasteiger partial charge on any atom is 0.434 e. The summed E-state index contributed by atoms with van der Waals surface area (Å²) in [5.41, 5.74) is -5.03. The maximum absolute atomic E-state index is 13.5. The number of carbonyl (C=O) groups is 1. The molecule has 5 nitrogen and oxygen atoms in total. The van der Waals surface area contributed by atoms with Crippen molar-refractivity contribution in [1.29, 1.82) is 0 Å². The van der Waals surface area contributed by atoms with Gasteiger partial charge in [-0.05, 0) is 31.0 Å². The summed E-state index contributed by atoms with van der Waals surface area (Å²) in [4.78, 5) is 12.2. The second-order valence-electron chi connectivity index (χ2n) is 5.95. The van der Waals surface area contributed by atoms with Crippen LogP contribution in [0.2, 0.25) is 0 Å². The van der Waals surface area contributed by atoms with Crippen LogP contribution in [0.5, 0.6) is 5.75 Å². The lowest BCUT2D eigenvalue weighted by Crippen LogP contribution is -2.76. The first-order valence-electron chi connectivity index (χ1n) is 7.97. The molecule has 1 saturated heterocycles. The van der Waals surface area contributed by atoms with Crippen molar-refractivity contribution in [3.05, 3.63) is 29.8 Å². The fourth-order valence-electron chi connectivity index (χ4n) is 2.63. The molecule has 27 heavy (non-hydrogen) atoms. The molecule has 11 heteroatoms. The zero-order valence-corrected chi connectivity index (χ0v) is 14.2. The van der Waals surface area contributed by atoms with Crippen molar-refractivity contribution in [2.45, 2.75) is 37.0 Å². The van der Waals surface area contributed by atoms with Crippen molar-refractivity contribution in [2.75, 3.05) is 20.3 Å². The molecule has 0 radical (unpaired) electrons. The lowest BCUT2D eigenvalue weighted by molar-refractivity contribution is -0.314. The topological polar surface area (TPSA) is 59.6 Å². The highest BCUT2D eigenvalue weighted by molar-refractivity contribution is 5.95. The van der Waals surface area contributed by atoms with Crippen LogP contribution in [0.15, 0.2) is 24.3 Å². The first kappa shape index (κ1) is 21.3. The van der Waals surface area contributed by atoms with Crippen LogP contribution in [-0.4, -0.2) is 50.3 Å². The average molecular weight is 400 g/mol. The SMILES string of the molecule is COc1cccc(C(=O)NC(NC[C@@H]2CCCO2)(C(F)(F)F)C(F)(F)F)c1. The van der Waals surface area contributed by atoms with Crippen LogP contribution in [-0.2, 0) is 4.74 Å². The van der Waals surface area contributed by atoms with Gasteiger partial charge >= 0.3 is 12.4 Å². The molecule has 2 N–H and O–H groups in total. The highest BCUT2D eigenvalue weighted by atomic mass is 19.4. The van der Waals surface area contributed by atoms with Crippen molar-refractivity contribution in [2.24, 2.45) is 0 Å². The fraction of sp³-hybridized carbons (Fsp3) is 0.562. The summed E-state index contributed by atoms with van der Waals surface area (Å²) in [5, 5.41) is 2.54. The van der Waals surface area contributed by atoms with E-state index in [1.807, 2.05) is 0 Å². The third-order valence-corrected chi connectivity index (χ3v) is 4.10. The molecular formula is C16H18F6N2O3. The fourth-order valence-corrected chi connectivity index (χ4v) is 2.63. The summed E-state index contributed by atoms with van der Waals surface area (Å²) in [6.07, 6.45) is -11.6. The number of hydrogen-bond donors (Lipinski definition) is 2. The summed E-state index contributed by atoms with van der Waals surface area (Å²) in [6, 6.07) is 4.78. The lowest BCUT2D eigenvalue weighted by Gasteiger charge is -2.39. The lowest BCUT2D eigenvalue weighted by atomic mass is 10.1. The van der Waals surface area contributed by atoms with Gasteiger partial charge in [-0.15, -0.1) is 0 Å². The van der Waals surface area contributed by atoms with Crippen LogP contribution in [0.4, 0.5) is 26.3 Å².